The first-order valence-electron chi connectivity index (χ1n) is 2.72. The van der Waals surface area contributed by atoms with Gasteiger partial charge in [-0.3, -0.25) is 4.79 Å². The zero-order valence-electron chi connectivity index (χ0n) is 5.63. The molecule has 1 aromatic rings. The standard InChI is InChI=1S/C5H6BrN3O/c1-3(10)5-7-4(2)9(6)8-5/h1-2H3. The fraction of sp³-hybridized carbons (Fsp3) is 0.400. The molecule has 0 aliphatic heterocycles. The Balaban J connectivity index is 3.10. The van der Waals surface area contributed by atoms with E-state index in [1.807, 2.05) is 0 Å². The van der Waals surface area contributed by atoms with Gasteiger partial charge in [-0.1, -0.05) is 0 Å². The fourth-order valence-corrected chi connectivity index (χ4v) is 0.751. The Hall–Kier alpha value is -0.710. The maximum Gasteiger partial charge on any atom is 0.218 e. The Morgan fingerprint density at radius 2 is 2.30 bits per heavy atom. The largest absolute Gasteiger partial charge is 0.291 e. The molecule has 0 bridgehead atoms. The maximum atomic E-state index is 10.7. The van der Waals surface area contributed by atoms with E-state index in [9.17, 15) is 4.79 Å². The number of ketones is 1. The van der Waals surface area contributed by atoms with Crippen molar-refractivity contribution < 1.29 is 4.79 Å². The van der Waals surface area contributed by atoms with E-state index in [1.54, 1.807) is 6.92 Å². The van der Waals surface area contributed by atoms with E-state index in [0.29, 0.717) is 5.82 Å². The van der Waals surface area contributed by atoms with E-state index < -0.39 is 0 Å². The van der Waals surface area contributed by atoms with Crippen LogP contribution in [0.15, 0.2) is 0 Å². The van der Waals surface area contributed by atoms with Gasteiger partial charge >= 0.3 is 0 Å². The molecular formula is C5H6BrN3O. The molecule has 0 N–H and O–H groups in total. The summed E-state index contributed by atoms with van der Waals surface area (Å²) in [6.07, 6.45) is 0. The van der Waals surface area contributed by atoms with Gasteiger partial charge in [0, 0.05) is 6.92 Å². The van der Waals surface area contributed by atoms with Crippen LogP contribution in [-0.4, -0.2) is 19.6 Å². The summed E-state index contributed by atoms with van der Waals surface area (Å²) < 4.78 is 1.39. The van der Waals surface area contributed by atoms with Crippen LogP contribution < -0.4 is 0 Å². The van der Waals surface area contributed by atoms with E-state index in [2.05, 4.69) is 26.2 Å². The van der Waals surface area contributed by atoms with E-state index in [4.69, 9.17) is 0 Å². The molecule has 0 saturated heterocycles. The summed E-state index contributed by atoms with van der Waals surface area (Å²) in [6, 6.07) is 0. The molecular weight excluding hydrogens is 198 g/mol. The van der Waals surface area contributed by atoms with Crippen molar-refractivity contribution in [1.29, 1.82) is 0 Å². The number of nitrogens with zero attached hydrogens (tertiary/aromatic N) is 3. The third-order valence-electron chi connectivity index (χ3n) is 1.03. The minimum atomic E-state index is -0.124. The molecule has 1 heterocycles. The lowest BCUT2D eigenvalue weighted by atomic mass is 10.4. The smallest absolute Gasteiger partial charge is 0.218 e. The van der Waals surface area contributed by atoms with Crippen LogP contribution in [0.25, 0.3) is 0 Å². The van der Waals surface area contributed by atoms with Gasteiger partial charge in [0.25, 0.3) is 0 Å². The lowest BCUT2D eigenvalue weighted by molar-refractivity contribution is 0.100. The molecule has 0 unspecified atom stereocenters. The number of aryl methyl sites for hydroxylation is 1. The SMILES string of the molecule is CC(=O)c1nc(C)n(Br)n1. The van der Waals surface area contributed by atoms with Crippen LogP contribution in [0.4, 0.5) is 0 Å². The van der Waals surface area contributed by atoms with E-state index in [-0.39, 0.29) is 11.6 Å². The van der Waals surface area contributed by atoms with Crippen LogP contribution in [0.1, 0.15) is 23.4 Å². The van der Waals surface area contributed by atoms with Gasteiger partial charge < -0.3 is 0 Å². The zero-order valence-corrected chi connectivity index (χ0v) is 7.21. The third-order valence-corrected chi connectivity index (χ3v) is 1.70. The lowest BCUT2D eigenvalue weighted by Gasteiger charge is -1.81. The van der Waals surface area contributed by atoms with Gasteiger partial charge in [0.2, 0.25) is 5.82 Å². The van der Waals surface area contributed by atoms with Crippen LogP contribution in [0, 0.1) is 6.92 Å². The van der Waals surface area contributed by atoms with Crippen molar-refractivity contribution in [3.63, 3.8) is 0 Å². The summed E-state index contributed by atoms with van der Waals surface area (Å²) in [5, 5.41) is 3.78. The molecule has 5 heteroatoms. The van der Waals surface area contributed by atoms with Crippen LogP contribution >= 0.6 is 16.1 Å². The average molecular weight is 204 g/mol. The Kier molecular flexibility index (Phi) is 1.85. The first-order valence-corrected chi connectivity index (χ1v) is 3.43. The van der Waals surface area contributed by atoms with Crippen molar-refractivity contribution in [1.82, 2.24) is 13.8 Å². The molecule has 54 valence electrons. The highest BCUT2D eigenvalue weighted by Gasteiger charge is 2.07. The number of aromatic nitrogens is 3. The molecule has 1 aromatic heterocycles. The normalized spacial score (nSPS) is 9.90. The molecule has 1 rings (SSSR count). The topological polar surface area (TPSA) is 47.8 Å². The summed E-state index contributed by atoms with van der Waals surface area (Å²) in [7, 11) is 0. The molecule has 4 nitrogen and oxygen atoms in total. The molecule has 0 spiro atoms. The number of rotatable bonds is 1. The summed E-state index contributed by atoms with van der Waals surface area (Å²) in [4.78, 5) is 14.5. The van der Waals surface area contributed by atoms with Crippen molar-refractivity contribution in [3.05, 3.63) is 11.6 Å². The average Bonchev–Trinajstić information content (AvgIpc) is 2.13. The van der Waals surface area contributed by atoms with Gasteiger partial charge in [0.05, 0.1) is 16.1 Å². The second-order valence-corrected chi connectivity index (χ2v) is 2.57. The van der Waals surface area contributed by atoms with Gasteiger partial charge in [-0.15, -0.1) is 5.10 Å². The second kappa shape index (κ2) is 2.49. The quantitative estimate of drug-likeness (QED) is 0.639. The van der Waals surface area contributed by atoms with Crippen molar-refractivity contribution in [2.75, 3.05) is 0 Å². The van der Waals surface area contributed by atoms with Crippen LogP contribution in [0.2, 0.25) is 0 Å². The van der Waals surface area contributed by atoms with Crippen molar-refractivity contribution in [2.45, 2.75) is 13.8 Å². The van der Waals surface area contributed by atoms with Crippen molar-refractivity contribution in [3.8, 4) is 0 Å². The maximum absolute atomic E-state index is 10.7. The van der Waals surface area contributed by atoms with E-state index in [0.717, 1.165) is 0 Å². The first-order chi connectivity index (χ1) is 4.61. The third kappa shape index (κ3) is 1.23. The molecule has 10 heavy (non-hydrogen) atoms. The van der Waals surface area contributed by atoms with Gasteiger partial charge in [0.15, 0.2) is 5.78 Å². The minimum absolute atomic E-state index is 0.124. The molecule has 0 aromatic carbocycles. The predicted molar refractivity (Wildman–Crippen MR) is 39.1 cm³/mol. The zero-order chi connectivity index (χ0) is 7.72. The summed E-state index contributed by atoms with van der Waals surface area (Å²) in [5.74, 6) is 0.792. The number of halogens is 1. The van der Waals surface area contributed by atoms with E-state index >= 15 is 0 Å². The molecule has 0 aliphatic carbocycles. The number of Topliss-reactive ketones (excluding diaryl/α,β-unsaturated/α-hetero) is 1. The first kappa shape index (κ1) is 7.40. The van der Waals surface area contributed by atoms with Crippen LogP contribution in [0.5, 0.6) is 0 Å². The van der Waals surface area contributed by atoms with Gasteiger partial charge in [-0.2, -0.15) is 3.71 Å². The molecule has 0 amide bonds. The number of carbonyl (C=O) groups is 1. The molecule has 0 aliphatic rings. The van der Waals surface area contributed by atoms with Crippen LogP contribution in [0.3, 0.4) is 0 Å². The predicted octanol–water partition coefficient (Wildman–Crippen LogP) is 0.947. The Labute approximate surface area is 66.6 Å². The highest BCUT2D eigenvalue weighted by Crippen LogP contribution is 2.00. The Bertz CT molecular complexity index is 248. The molecule has 0 atom stereocenters. The van der Waals surface area contributed by atoms with E-state index in [1.165, 1.54) is 10.6 Å². The fourth-order valence-electron chi connectivity index (χ4n) is 0.522. The molecule has 0 fully saturated rings. The number of hydrogen-bond acceptors (Lipinski definition) is 3. The summed E-state index contributed by atoms with van der Waals surface area (Å²) in [5.41, 5.74) is 0. The number of carbonyl (C=O) groups excluding carboxylic acids is 1. The minimum Gasteiger partial charge on any atom is -0.291 e. The van der Waals surface area contributed by atoms with Crippen molar-refractivity contribution >= 4 is 21.9 Å². The van der Waals surface area contributed by atoms with Gasteiger partial charge in [-0.05, 0) is 6.92 Å². The summed E-state index contributed by atoms with van der Waals surface area (Å²) >= 11 is 3.08. The van der Waals surface area contributed by atoms with Crippen LogP contribution in [-0.2, 0) is 0 Å². The molecule has 0 radical (unpaired) electrons. The van der Waals surface area contributed by atoms with Gasteiger partial charge in [-0.25, -0.2) is 4.98 Å². The van der Waals surface area contributed by atoms with Crippen molar-refractivity contribution in [2.24, 2.45) is 0 Å². The highest BCUT2D eigenvalue weighted by atomic mass is 79.9. The lowest BCUT2D eigenvalue weighted by Crippen LogP contribution is -1.94. The molecule has 0 saturated carbocycles. The second-order valence-electron chi connectivity index (χ2n) is 1.90. The highest BCUT2D eigenvalue weighted by molar-refractivity contribution is 9.08. The Morgan fingerprint density at radius 1 is 1.70 bits per heavy atom. The summed E-state index contributed by atoms with van der Waals surface area (Å²) in [6.45, 7) is 3.19. The number of hydrogen-bond donors (Lipinski definition) is 0. The van der Waals surface area contributed by atoms with Gasteiger partial charge in [0.1, 0.15) is 5.82 Å². The Morgan fingerprint density at radius 3 is 2.50 bits per heavy atom. The monoisotopic (exact) mass is 203 g/mol.